The number of nitrogens with zero attached hydrogens (tertiary/aromatic N) is 1. The lowest BCUT2D eigenvalue weighted by molar-refractivity contribution is -0.145. The second-order valence-electron chi connectivity index (χ2n) is 3.77. The third-order valence-electron chi connectivity index (χ3n) is 2.11. The van der Waals surface area contributed by atoms with Crippen molar-refractivity contribution < 1.29 is 29.0 Å². The van der Waals surface area contributed by atoms with Crippen LogP contribution in [0.4, 0.5) is 4.79 Å². The van der Waals surface area contributed by atoms with Crippen molar-refractivity contribution in [2.75, 3.05) is 20.7 Å². The van der Waals surface area contributed by atoms with Gasteiger partial charge in [0.05, 0.1) is 13.0 Å². The summed E-state index contributed by atoms with van der Waals surface area (Å²) in [7, 11) is 2.63. The largest absolute Gasteiger partial charge is 0.478 e. The Balaban J connectivity index is 4.31. The van der Waals surface area contributed by atoms with Crippen LogP contribution in [0.15, 0.2) is 12.2 Å². The molecule has 0 rings (SSSR count). The summed E-state index contributed by atoms with van der Waals surface area (Å²) in [4.78, 5) is 45.1. The van der Waals surface area contributed by atoms with Crippen molar-refractivity contribution in [1.29, 1.82) is 0 Å². The number of amides is 3. The lowest BCUT2D eigenvalue weighted by atomic mass is 10.2. The molecular weight excluding hydrogens is 256 g/mol. The number of carbonyl (C=O) groups excluding carboxylic acids is 3. The van der Waals surface area contributed by atoms with Crippen LogP contribution in [-0.4, -0.2) is 54.6 Å². The molecule has 0 bridgehead atoms. The van der Waals surface area contributed by atoms with Crippen molar-refractivity contribution >= 4 is 23.9 Å². The standard InChI is InChI=1S/C11H16N2O6/c1-7(10(17)19-3)6-13(2)11(18)12-8(14)4-5-9(15)16/h4-5,7H,6H2,1-3H3,(H,15,16)(H,12,14,18)/b5-4+. The van der Waals surface area contributed by atoms with E-state index in [2.05, 4.69) is 4.74 Å². The van der Waals surface area contributed by atoms with Gasteiger partial charge in [-0.05, 0) is 0 Å². The van der Waals surface area contributed by atoms with Gasteiger partial charge in [0.2, 0.25) is 0 Å². The van der Waals surface area contributed by atoms with Crippen LogP contribution in [0, 0.1) is 5.92 Å². The summed E-state index contributed by atoms with van der Waals surface area (Å²) in [6, 6.07) is -0.740. The highest BCUT2D eigenvalue weighted by molar-refractivity contribution is 6.02. The van der Waals surface area contributed by atoms with Crippen LogP contribution in [0.5, 0.6) is 0 Å². The average molecular weight is 272 g/mol. The van der Waals surface area contributed by atoms with E-state index < -0.39 is 29.8 Å². The highest BCUT2D eigenvalue weighted by atomic mass is 16.5. The smallest absolute Gasteiger partial charge is 0.328 e. The zero-order chi connectivity index (χ0) is 15.0. The first-order valence-electron chi connectivity index (χ1n) is 5.32. The predicted octanol–water partition coefficient (Wildman–Crippen LogP) is -0.396. The van der Waals surface area contributed by atoms with Crippen LogP contribution >= 0.6 is 0 Å². The molecule has 0 heterocycles. The van der Waals surface area contributed by atoms with Gasteiger partial charge < -0.3 is 14.7 Å². The molecule has 0 saturated heterocycles. The van der Waals surface area contributed by atoms with Gasteiger partial charge in [0.25, 0.3) is 5.91 Å². The third kappa shape index (κ3) is 6.81. The topological polar surface area (TPSA) is 113 Å². The van der Waals surface area contributed by atoms with Gasteiger partial charge >= 0.3 is 18.0 Å². The van der Waals surface area contributed by atoms with E-state index in [0.29, 0.717) is 6.08 Å². The number of rotatable bonds is 5. The van der Waals surface area contributed by atoms with Gasteiger partial charge in [-0.15, -0.1) is 0 Å². The van der Waals surface area contributed by atoms with Gasteiger partial charge in [-0.1, -0.05) is 6.92 Å². The Labute approximate surface area is 110 Å². The van der Waals surface area contributed by atoms with E-state index in [0.717, 1.165) is 11.0 Å². The average Bonchev–Trinajstić information content (AvgIpc) is 2.34. The van der Waals surface area contributed by atoms with E-state index >= 15 is 0 Å². The Bertz CT molecular complexity index is 404. The molecule has 8 nitrogen and oxygen atoms in total. The third-order valence-corrected chi connectivity index (χ3v) is 2.11. The van der Waals surface area contributed by atoms with E-state index in [9.17, 15) is 19.2 Å². The first kappa shape index (κ1) is 16.6. The first-order chi connectivity index (χ1) is 8.77. The minimum atomic E-state index is -1.30. The molecule has 0 aliphatic rings. The fourth-order valence-corrected chi connectivity index (χ4v) is 1.16. The van der Waals surface area contributed by atoms with Crippen LogP contribution in [0.1, 0.15) is 6.92 Å². The number of aliphatic carboxylic acids is 1. The van der Waals surface area contributed by atoms with Crippen molar-refractivity contribution in [3.63, 3.8) is 0 Å². The van der Waals surface area contributed by atoms with Crippen molar-refractivity contribution in [1.82, 2.24) is 10.2 Å². The first-order valence-corrected chi connectivity index (χ1v) is 5.32. The molecular formula is C11H16N2O6. The fourth-order valence-electron chi connectivity index (χ4n) is 1.16. The number of hydrogen-bond donors (Lipinski definition) is 2. The Morgan fingerprint density at radius 2 is 1.89 bits per heavy atom. The molecule has 0 fully saturated rings. The number of carboxylic acid groups (broad SMARTS) is 1. The summed E-state index contributed by atoms with van der Waals surface area (Å²) in [6.45, 7) is 1.64. The van der Waals surface area contributed by atoms with E-state index in [4.69, 9.17) is 5.11 Å². The summed E-state index contributed by atoms with van der Waals surface area (Å²) >= 11 is 0. The van der Waals surface area contributed by atoms with Crippen molar-refractivity contribution in [2.24, 2.45) is 5.92 Å². The molecule has 0 radical (unpaired) electrons. The number of carbonyl (C=O) groups is 4. The molecule has 8 heteroatoms. The number of urea groups is 1. The zero-order valence-corrected chi connectivity index (χ0v) is 10.9. The van der Waals surface area contributed by atoms with Crippen LogP contribution < -0.4 is 5.32 Å². The molecule has 106 valence electrons. The predicted molar refractivity (Wildman–Crippen MR) is 64.1 cm³/mol. The maximum atomic E-state index is 11.5. The van der Waals surface area contributed by atoms with Crippen LogP contribution in [0.25, 0.3) is 0 Å². The van der Waals surface area contributed by atoms with E-state index in [-0.39, 0.29) is 6.54 Å². The Morgan fingerprint density at radius 1 is 1.32 bits per heavy atom. The van der Waals surface area contributed by atoms with E-state index in [1.54, 1.807) is 6.92 Å². The molecule has 0 aromatic carbocycles. The summed E-state index contributed by atoms with van der Waals surface area (Å²) in [6.07, 6.45) is 1.33. The summed E-state index contributed by atoms with van der Waals surface area (Å²) in [5.74, 6) is -3.16. The molecule has 2 N–H and O–H groups in total. The fraction of sp³-hybridized carbons (Fsp3) is 0.455. The highest BCUT2D eigenvalue weighted by Gasteiger charge is 2.19. The monoisotopic (exact) mass is 272 g/mol. The van der Waals surface area contributed by atoms with Gasteiger partial charge in [0, 0.05) is 25.7 Å². The lowest BCUT2D eigenvalue weighted by Crippen LogP contribution is -2.43. The van der Waals surface area contributed by atoms with Crippen LogP contribution in [0.2, 0.25) is 0 Å². The quantitative estimate of drug-likeness (QED) is 0.520. The molecule has 3 amide bonds. The summed E-state index contributed by atoms with van der Waals surface area (Å²) < 4.78 is 4.50. The normalized spacial score (nSPS) is 11.7. The van der Waals surface area contributed by atoms with Crippen LogP contribution in [0.3, 0.4) is 0 Å². The number of carboxylic acids is 1. The molecule has 1 atom stereocenters. The zero-order valence-electron chi connectivity index (χ0n) is 10.9. The molecule has 0 aliphatic heterocycles. The SMILES string of the molecule is COC(=O)C(C)CN(C)C(=O)NC(=O)/C=C/C(=O)O. The number of hydrogen-bond acceptors (Lipinski definition) is 5. The van der Waals surface area contributed by atoms with Gasteiger partial charge in [-0.2, -0.15) is 0 Å². The number of methoxy groups -OCH3 is 1. The minimum Gasteiger partial charge on any atom is -0.478 e. The number of esters is 1. The Hall–Kier alpha value is -2.38. The van der Waals surface area contributed by atoms with Gasteiger partial charge in [0.15, 0.2) is 0 Å². The van der Waals surface area contributed by atoms with Crippen LogP contribution in [-0.2, 0) is 19.1 Å². The molecule has 1 unspecified atom stereocenters. The Kier molecular flexibility index (Phi) is 6.87. The highest BCUT2D eigenvalue weighted by Crippen LogP contribution is 2.00. The minimum absolute atomic E-state index is 0.0639. The molecule has 0 aromatic heterocycles. The number of nitrogens with one attached hydrogen (secondary N) is 1. The summed E-state index contributed by atoms with van der Waals surface area (Å²) in [5, 5.41) is 10.2. The van der Waals surface area contributed by atoms with E-state index in [1.807, 2.05) is 5.32 Å². The second-order valence-corrected chi connectivity index (χ2v) is 3.77. The van der Waals surface area contributed by atoms with Gasteiger partial charge in [0.1, 0.15) is 0 Å². The molecule has 0 saturated carbocycles. The van der Waals surface area contributed by atoms with E-state index in [1.165, 1.54) is 14.2 Å². The summed E-state index contributed by atoms with van der Waals surface area (Å²) in [5.41, 5.74) is 0. The van der Waals surface area contributed by atoms with Crippen molar-refractivity contribution in [3.8, 4) is 0 Å². The maximum absolute atomic E-state index is 11.5. The lowest BCUT2D eigenvalue weighted by Gasteiger charge is -2.19. The number of ether oxygens (including phenoxy) is 1. The second kappa shape index (κ2) is 7.85. The molecule has 19 heavy (non-hydrogen) atoms. The molecule has 0 aromatic rings. The number of imide groups is 1. The Morgan fingerprint density at radius 3 is 2.37 bits per heavy atom. The van der Waals surface area contributed by atoms with Gasteiger partial charge in [-0.3, -0.25) is 14.9 Å². The van der Waals surface area contributed by atoms with Crippen molar-refractivity contribution in [3.05, 3.63) is 12.2 Å². The van der Waals surface area contributed by atoms with Gasteiger partial charge in [-0.25, -0.2) is 9.59 Å². The maximum Gasteiger partial charge on any atom is 0.328 e. The van der Waals surface area contributed by atoms with Crippen molar-refractivity contribution in [2.45, 2.75) is 6.92 Å². The molecule has 0 aliphatic carbocycles. The molecule has 0 spiro atoms.